The minimum absolute atomic E-state index is 0.428. The van der Waals surface area contributed by atoms with Gasteiger partial charge in [-0.05, 0) is 55.3 Å². The predicted molar refractivity (Wildman–Crippen MR) is 114 cm³/mol. The number of hydrogen-bond acceptors (Lipinski definition) is 6. The van der Waals surface area contributed by atoms with Crippen molar-refractivity contribution in [2.75, 3.05) is 17.6 Å². The molecule has 0 radical (unpaired) electrons. The van der Waals surface area contributed by atoms with Crippen LogP contribution in [0.25, 0.3) is 22.5 Å². The Balaban J connectivity index is 1.70. The first-order valence-corrected chi connectivity index (χ1v) is 9.57. The highest BCUT2D eigenvalue weighted by Crippen LogP contribution is 2.38. The van der Waals surface area contributed by atoms with Gasteiger partial charge in [-0.3, -0.25) is 4.98 Å². The van der Waals surface area contributed by atoms with Crippen molar-refractivity contribution in [3.05, 3.63) is 65.7 Å². The van der Waals surface area contributed by atoms with Gasteiger partial charge in [0, 0.05) is 41.8 Å². The first-order chi connectivity index (χ1) is 14.1. The summed E-state index contributed by atoms with van der Waals surface area (Å²) in [6, 6.07) is 12.0. The van der Waals surface area contributed by atoms with Crippen molar-refractivity contribution >= 4 is 17.2 Å². The van der Waals surface area contributed by atoms with Crippen LogP contribution in [0.4, 0.5) is 17.2 Å². The molecule has 0 saturated carbocycles. The number of pyridine rings is 2. The van der Waals surface area contributed by atoms with E-state index in [4.69, 9.17) is 10.7 Å². The van der Waals surface area contributed by atoms with Crippen LogP contribution >= 0.6 is 0 Å². The van der Waals surface area contributed by atoms with Crippen molar-refractivity contribution in [1.82, 2.24) is 19.5 Å². The normalized spacial score (nSPS) is 13.5. The second-order valence-electron chi connectivity index (χ2n) is 7.28. The van der Waals surface area contributed by atoms with Crippen molar-refractivity contribution in [2.45, 2.75) is 20.4 Å². The quantitative estimate of drug-likeness (QED) is 0.518. The average Bonchev–Trinajstić information content (AvgIpc) is 3.21. The van der Waals surface area contributed by atoms with Gasteiger partial charge >= 0.3 is 0 Å². The number of fused-ring (bicyclic) bond motifs is 3. The van der Waals surface area contributed by atoms with Crippen molar-refractivity contribution in [2.24, 2.45) is 4.99 Å². The van der Waals surface area contributed by atoms with Gasteiger partial charge in [0.05, 0.1) is 11.9 Å². The number of aryl methyl sites for hydroxylation is 2. The van der Waals surface area contributed by atoms with Crippen LogP contribution in [0.2, 0.25) is 0 Å². The molecule has 144 valence electrons. The highest BCUT2D eigenvalue weighted by atomic mass is 15.2. The van der Waals surface area contributed by atoms with E-state index >= 15 is 0 Å². The monoisotopic (exact) mass is 383 g/mol. The summed E-state index contributed by atoms with van der Waals surface area (Å²) in [5, 5.41) is 3.50. The van der Waals surface area contributed by atoms with Crippen LogP contribution in [0, 0.1) is 13.8 Å². The van der Waals surface area contributed by atoms with Crippen molar-refractivity contribution in [1.29, 1.82) is 0 Å². The minimum Gasteiger partial charge on any atom is -0.399 e. The van der Waals surface area contributed by atoms with Crippen LogP contribution in [-0.2, 0) is 6.54 Å². The summed E-state index contributed by atoms with van der Waals surface area (Å²) >= 11 is 0. The maximum absolute atomic E-state index is 6.06. The van der Waals surface area contributed by atoms with E-state index in [0.717, 1.165) is 58.5 Å². The van der Waals surface area contributed by atoms with Gasteiger partial charge in [0.25, 0.3) is 5.62 Å². The third-order valence-electron chi connectivity index (χ3n) is 5.17. The largest absolute Gasteiger partial charge is 0.399 e. The number of nitrogens with two attached hydrogens (primary N) is 1. The zero-order chi connectivity index (χ0) is 20.0. The Morgan fingerprint density at radius 3 is 2.76 bits per heavy atom. The van der Waals surface area contributed by atoms with E-state index in [-0.39, 0.29) is 0 Å². The molecule has 0 bridgehead atoms. The third-order valence-corrected chi connectivity index (χ3v) is 5.17. The summed E-state index contributed by atoms with van der Waals surface area (Å²) < 4.78 is 2.20. The number of nitrogen functional groups attached to an aromatic ring is 1. The Morgan fingerprint density at radius 2 is 1.93 bits per heavy atom. The number of rotatable bonds is 2. The second kappa shape index (κ2) is 6.70. The van der Waals surface area contributed by atoms with E-state index in [1.807, 2.05) is 37.4 Å². The highest BCUT2D eigenvalue weighted by Gasteiger charge is 2.22. The first-order valence-electron chi connectivity index (χ1n) is 9.57. The lowest BCUT2D eigenvalue weighted by Crippen LogP contribution is -2.17. The van der Waals surface area contributed by atoms with Crippen LogP contribution in [0.15, 0.2) is 53.8 Å². The summed E-state index contributed by atoms with van der Waals surface area (Å²) in [4.78, 5) is 18.0. The fourth-order valence-corrected chi connectivity index (χ4v) is 3.69. The number of nitrogens with zero attached hydrogens (tertiary/aromatic N) is 5. The molecule has 0 amide bonds. The molecular formula is C22H21N7. The molecule has 4 heterocycles. The van der Waals surface area contributed by atoms with Gasteiger partial charge in [0.15, 0.2) is 0 Å². The van der Waals surface area contributed by atoms with Crippen LogP contribution in [0.1, 0.15) is 11.3 Å². The summed E-state index contributed by atoms with van der Waals surface area (Å²) in [6.45, 7) is 5.73. The molecule has 29 heavy (non-hydrogen) atoms. The highest BCUT2D eigenvalue weighted by molar-refractivity contribution is 5.84. The molecule has 2 aromatic rings. The fourth-order valence-electron chi connectivity index (χ4n) is 3.69. The Morgan fingerprint density at radius 1 is 1.03 bits per heavy atom. The van der Waals surface area contributed by atoms with Crippen LogP contribution in [0.5, 0.6) is 0 Å². The molecule has 7 nitrogen and oxygen atoms in total. The maximum atomic E-state index is 6.06. The van der Waals surface area contributed by atoms with E-state index in [1.165, 1.54) is 5.56 Å². The predicted octanol–water partition coefficient (Wildman–Crippen LogP) is 3.30. The van der Waals surface area contributed by atoms with Crippen LogP contribution in [0.3, 0.4) is 0 Å². The van der Waals surface area contributed by atoms with Crippen LogP contribution < -0.4 is 16.7 Å². The summed E-state index contributed by atoms with van der Waals surface area (Å²) in [5.41, 5.74) is 13.3. The Bertz CT molecular complexity index is 1260. The molecule has 1 aromatic carbocycles. The Labute approximate surface area is 168 Å². The topological polar surface area (TPSA) is 94.0 Å². The molecule has 3 aliphatic rings. The van der Waals surface area contributed by atoms with Gasteiger partial charge in [-0.1, -0.05) is 6.07 Å². The molecule has 0 spiro atoms. The zero-order valence-electron chi connectivity index (χ0n) is 16.3. The second-order valence-corrected chi connectivity index (χ2v) is 7.28. The lowest BCUT2D eigenvalue weighted by molar-refractivity contribution is 0.780. The molecular weight excluding hydrogens is 362 g/mol. The van der Waals surface area contributed by atoms with Gasteiger partial charge < -0.3 is 15.6 Å². The molecule has 0 saturated heterocycles. The van der Waals surface area contributed by atoms with Gasteiger partial charge in [-0.25, -0.2) is 9.98 Å². The zero-order valence-corrected chi connectivity index (χ0v) is 16.3. The lowest BCUT2D eigenvalue weighted by atomic mass is 9.98. The van der Waals surface area contributed by atoms with Gasteiger partial charge in [0.1, 0.15) is 11.6 Å². The first kappa shape index (κ1) is 17.4. The fraction of sp³-hybridized carbons (Fsp3) is 0.182. The van der Waals surface area contributed by atoms with E-state index in [1.54, 1.807) is 6.20 Å². The SMILES string of the molecule is Cc1ccc(N=c2ncc3cc(-c4cc(N)ccc4C)c4n(c-3n2)CCN4)cn1. The molecule has 1 aromatic heterocycles. The summed E-state index contributed by atoms with van der Waals surface area (Å²) in [7, 11) is 0. The average molecular weight is 383 g/mol. The third kappa shape index (κ3) is 3.10. The number of aromatic nitrogens is 4. The Hall–Kier alpha value is -3.74. The molecule has 7 heteroatoms. The molecule has 0 aliphatic carbocycles. The van der Waals surface area contributed by atoms with E-state index in [0.29, 0.717) is 5.62 Å². The van der Waals surface area contributed by atoms with Gasteiger partial charge in [0.2, 0.25) is 0 Å². The molecule has 0 atom stereocenters. The Kier molecular flexibility index (Phi) is 4.01. The van der Waals surface area contributed by atoms with Gasteiger partial charge in [-0.15, -0.1) is 0 Å². The standard InChI is InChI=1S/C22H21N7/c1-13-3-5-16(23)10-18(13)19-9-15-11-26-22(27-17-6-4-14(2)25-12-17)28-20(15)29-8-7-24-21(19)29/h3-6,9-12,24H,7-8,23H2,1-2H3. The summed E-state index contributed by atoms with van der Waals surface area (Å²) in [5.74, 6) is 1.91. The van der Waals surface area contributed by atoms with Crippen molar-refractivity contribution in [3.63, 3.8) is 0 Å². The number of nitrogens with one attached hydrogen (secondary N) is 1. The minimum atomic E-state index is 0.428. The van der Waals surface area contributed by atoms with E-state index in [2.05, 4.69) is 43.9 Å². The number of benzene rings is 1. The number of hydrogen-bond donors (Lipinski definition) is 2. The van der Waals surface area contributed by atoms with Crippen molar-refractivity contribution in [3.8, 4) is 22.5 Å². The number of anilines is 2. The summed E-state index contributed by atoms with van der Waals surface area (Å²) in [6.07, 6.45) is 3.56. The van der Waals surface area contributed by atoms with E-state index in [9.17, 15) is 0 Å². The molecule has 3 aliphatic heterocycles. The smallest absolute Gasteiger partial charge is 0.251 e. The lowest BCUT2D eigenvalue weighted by Gasteiger charge is -2.18. The molecule has 0 fully saturated rings. The van der Waals surface area contributed by atoms with Crippen LogP contribution in [-0.4, -0.2) is 26.1 Å². The van der Waals surface area contributed by atoms with Crippen molar-refractivity contribution < 1.29 is 0 Å². The molecule has 3 N–H and O–H groups in total. The maximum Gasteiger partial charge on any atom is 0.251 e. The van der Waals surface area contributed by atoms with E-state index < -0.39 is 0 Å². The van der Waals surface area contributed by atoms with Gasteiger partial charge in [-0.2, -0.15) is 4.98 Å². The molecule has 0 unspecified atom stereocenters. The molecule has 5 rings (SSSR count).